The zero-order valence-corrected chi connectivity index (χ0v) is 10.4. The van der Waals surface area contributed by atoms with E-state index in [2.05, 4.69) is 29.2 Å². The maximum Gasteiger partial charge on any atom is 0.0949 e. The third-order valence-electron chi connectivity index (χ3n) is 2.18. The van der Waals surface area contributed by atoms with Gasteiger partial charge >= 0.3 is 0 Å². The van der Waals surface area contributed by atoms with Crippen LogP contribution in [0.3, 0.4) is 0 Å². The summed E-state index contributed by atoms with van der Waals surface area (Å²) in [6, 6.07) is 8.32. The molecule has 1 heterocycles. The molecule has 0 spiro atoms. The molecular formula is C11H15Cl2N3. The predicted octanol–water partition coefficient (Wildman–Crippen LogP) is 2.23. The van der Waals surface area contributed by atoms with Crippen LogP contribution >= 0.6 is 24.8 Å². The van der Waals surface area contributed by atoms with E-state index in [0.29, 0.717) is 6.54 Å². The second-order valence-electron chi connectivity index (χ2n) is 3.26. The molecule has 0 bridgehead atoms. The van der Waals surface area contributed by atoms with Gasteiger partial charge in [0.2, 0.25) is 0 Å². The topological polar surface area (TPSA) is 43.8 Å². The van der Waals surface area contributed by atoms with Crippen molar-refractivity contribution in [1.29, 1.82) is 0 Å². The molecule has 1 aromatic carbocycles. The van der Waals surface area contributed by atoms with Gasteiger partial charge in [0.15, 0.2) is 0 Å². The standard InChI is InChI=1S/C11H13N3.2ClH/c12-7-10-1-3-11(4-2-10)8-14-6-5-13-9-14;;/h1-6,9H,7-8,12H2;2*1H. The highest BCUT2D eigenvalue weighted by Gasteiger charge is 1.94. The molecule has 2 N–H and O–H groups in total. The van der Waals surface area contributed by atoms with Crippen molar-refractivity contribution in [2.45, 2.75) is 13.1 Å². The summed E-state index contributed by atoms with van der Waals surface area (Å²) in [5, 5.41) is 0. The molecule has 0 amide bonds. The fraction of sp³-hybridized carbons (Fsp3) is 0.182. The Bertz CT molecular complexity index is 384. The number of rotatable bonds is 3. The number of nitrogens with two attached hydrogens (primary N) is 1. The highest BCUT2D eigenvalue weighted by atomic mass is 35.5. The molecule has 0 aliphatic rings. The van der Waals surface area contributed by atoms with Crippen molar-refractivity contribution in [3.8, 4) is 0 Å². The predicted molar refractivity (Wildman–Crippen MR) is 70.2 cm³/mol. The first-order chi connectivity index (χ1) is 6.88. The molecule has 0 aliphatic heterocycles. The van der Waals surface area contributed by atoms with E-state index in [0.717, 1.165) is 6.54 Å². The quantitative estimate of drug-likeness (QED) is 0.919. The average Bonchev–Trinajstić information content (AvgIpc) is 2.72. The highest BCUT2D eigenvalue weighted by molar-refractivity contribution is 5.85. The van der Waals surface area contributed by atoms with Gasteiger partial charge in [0, 0.05) is 25.5 Å². The van der Waals surface area contributed by atoms with E-state index in [1.165, 1.54) is 11.1 Å². The van der Waals surface area contributed by atoms with E-state index < -0.39 is 0 Å². The van der Waals surface area contributed by atoms with Crippen molar-refractivity contribution in [3.63, 3.8) is 0 Å². The molecule has 3 nitrogen and oxygen atoms in total. The summed E-state index contributed by atoms with van der Waals surface area (Å²) >= 11 is 0. The Kier molecular flexibility index (Phi) is 6.81. The molecule has 0 atom stereocenters. The monoisotopic (exact) mass is 259 g/mol. The Hall–Kier alpha value is -1.03. The first-order valence-corrected chi connectivity index (χ1v) is 4.62. The van der Waals surface area contributed by atoms with Crippen LogP contribution in [0.1, 0.15) is 11.1 Å². The van der Waals surface area contributed by atoms with Crippen LogP contribution in [-0.4, -0.2) is 9.55 Å². The molecule has 0 saturated heterocycles. The van der Waals surface area contributed by atoms with Crippen LogP contribution in [0.4, 0.5) is 0 Å². The van der Waals surface area contributed by atoms with Crippen molar-refractivity contribution in [1.82, 2.24) is 9.55 Å². The minimum absolute atomic E-state index is 0. The number of halogens is 2. The smallest absolute Gasteiger partial charge is 0.0949 e. The summed E-state index contributed by atoms with van der Waals surface area (Å²) in [7, 11) is 0. The van der Waals surface area contributed by atoms with Crippen LogP contribution < -0.4 is 5.73 Å². The summed E-state index contributed by atoms with van der Waals surface area (Å²) in [4.78, 5) is 4.00. The van der Waals surface area contributed by atoms with Crippen molar-refractivity contribution in [3.05, 3.63) is 54.1 Å². The average molecular weight is 260 g/mol. The maximum absolute atomic E-state index is 5.52. The van der Waals surface area contributed by atoms with Crippen molar-refractivity contribution < 1.29 is 0 Å². The van der Waals surface area contributed by atoms with Gasteiger partial charge in [0.1, 0.15) is 0 Å². The van der Waals surface area contributed by atoms with Gasteiger partial charge in [-0.3, -0.25) is 0 Å². The van der Waals surface area contributed by atoms with E-state index in [-0.39, 0.29) is 24.8 Å². The number of benzene rings is 1. The normalized spacial score (nSPS) is 9.06. The third-order valence-corrected chi connectivity index (χ3v) is 2.18. The molecule has 0 unspecified atom stereocenters. The maximum atomic E-state index is 5.52. The molecular weight excluding hydrogens is 245 g/mol. The number of nitrogens with zero attached hydrogens (tertiary/aromatic N) is 2. The van der Waals surface area contributed by atoms with Crippen LogP contribution in [0, 0.1) is 0 Å². The first kappa shape index (κ1) is 15.0. The lowest BCUT2D eigenvalue weighted by molar-refractivity contribution is 0.796. The van der Waals surface area contributed by atoms with Gasteiger partial charge in [-0.15, -0.1) is 24.8 Å². The SMILES string of the molecule is Cl.Cl.NCc1ccc(Cn2ccnc2)cc1. The van der Waals surface area contributed by atoms with Gasteiger partial charge in [-0.05, 0) is 11.1 Å². The lowest BCUT2D eigenvalue weighted by atomic mass is 10.1. The lowest BCUT2D eigenvalue weighted by Crippen LogP contribution is -1.98. The Morgan fingerprint density at radius 1 is 1.06 bits per heavy atom. The van der Waals surface area contributed by atoms with Gasteiger partial charge in [-0.1, -0.05) is 24.3 Å². The summed E-state index contributed by atoms with van der Waals surface area (Å²) in [5.41, 5.74) is 7.95. The molecule has 1 aromatic heterocycles. The summed E-state index contributed by atoms with van der Waals surface area (Å²) in [6.45, 7) is 1.47. The minimum atomic E-state index is 0. The Morgan fingerprint density at radius 3 is 2.19 bits per heavy atom. The minimum Gasteiger partial charge on any atom is -0.333 e. The van der Waals surface area contributed by atoms with Gasteiger partial charge in [-0.2, -0.15) is 0 Å². The molecule has 5 heteroatoms. The van der Waals surface area contributed by atoms with Crippen LogP contribution in [0.15, 0.2) is 43.0 Å². The van der Waals surface area contributed by atoms with E-state index in [1.807, 2.05) is 17.1 Å². The Labute approximate surface area is 108 Å². The number of imidazole rings is 1. The molecule has 0 radical (unpaired) electrons. The van der Waals surface area contributed by atoms with Crippen LogP contribution in [-0.2, 0) is 13.1 Å². The fourth-order valence-corrected chi connectivity index (χ4v) is 1.37. The second-order valence-corrected chi connectivity index (χ2v) is 3.26. The van der Waals surface area contributed by atoms with Crippen LogP contribution in [0.25, 0.3) is 0 Å². The van der Waals surface area contributed by atoms with Crippen molar-refractivity contribution in [2.75, 3.05) is 0 Å². The van der Waals surface area contributed by atoms with Crippen LogP contribution in [0.5, 0.6) is 0 Å². The fourth-order valence-electron chi connectivity index (χ4n) is 1.37. The van der Waals surface area contributed by atoms with E-state index in [4.69, 9.17) is 5.73 Å². The molecule has 88 valence electrons. The zero-order chi connectivity index (χ0) is 9.80. The number of hydrogen-bond donors (Lipinski definition) is 1. The molecule has 0 saturated carbocycles. The Balaban J connectivity index is 0.00000112. The van der Waals surface area contributed by atoms with Gasteiger partial charge in [0.25, 0.3) is 0 Å². The molecule has 2 aromatic rings. The summed E-state index contributed by atoms with van der Waals surface area (Å²) in [5.74, 6) is 0. The number of hydrogen-bond acceptors (Lipinski definition) is 2. The number of aromatic nitrogens is 2. The molecule has 16 heavy (non-hydrogen) atoms. The van der Waals surface area contributed by atoms with E-state index in [1.54, 1.807) is 6.20 Å². The van der Waals surface area contributed by atoms with Gasteiger partial charge in [0.05, 0.1) is 6.33 Å². The van der Waals surface area contributed by atoms with E-state index in [9.17, 15) is 0 Å². The second kappa shape index (κ2) is 7.28. The summed E-state index contributed by atoms with van der Waals surface area (Å²) in [6.07, 6.45) is 5.56. The highest BCUT2D eigenvalue weighted by Crippen LogP contribution is 2.05. The molecule has 0 fully saturated rings. The van der Waals surface area contributed by atoms with Crippen molar-refractivity contribution >= 4 is 24.8 Å². The molecule has 2 rings (SSSR count). The van der Waals surface area contributed by atoms with Gasteiger partial charge in [-0.25, -0.2) is 4.98 Å². The van der Waals surface area contributed by atoms with Crippen molar-refractivity contribution in [2.24, 2.45) is 5.73 Å². The lowest BCUT2D eigenvalue weighted by Gasteiger charge is -2.03. The summed E-state index contributed by atoms with van der Waals surface area (Å²) < 4.78 is 2.04. The molecule has 0 aliphatic carbocycles. The largest absolute Gasteiger partial charge is 0.333 e. The van der Waals surface area contributed by atoms with Gasteiger partial charge < -0.3 is 10.3 Å². The van der Waals surface area contributed by atoms with Crippen LogP contribution in [0.2, 0.25) is 0 Å². The van der Waals surface area contributed by atoms with E-state index >= 15 is 0 Å². The first-order valence-electron chi connectivity index (χ1n) is 4.62. The zero-order valence-electron chi connectivity index (χ0n) is 8.74. The Morgan fingerprint density at radius 2 is 1.69 bits per heavy atom. The third kappa shape index (κ3) is 3.85.